The third-order valence-corrected chi connectivity index (χ3v) is 3.26. The SMILES string of the molecule is CCNc1ccc([N+](=O)[O-])cc1CN(CC)CCOCC. The molecule has 1 aromatic carbocycles. The maximum Gasteiger partial charge on any atom is 0.269 e. The molecule has 0 fully saturated rings. The number of nitrogens with one attached hydrogen (secondary N) is 1. The van der Waals surface area contributed by atoms with Crippen LogP contribution in [0.4, 0.5) is 11.4 Å². The second-order valence-corrected chi connectivity index (χ2v) is 4.69. The van der Waals surface area contributed by atoms with Gasteiger partial charge in [-0.2, -0.15) is 0 Å². The van der Waals surface area contributed by atoms with E-state index in [-0.39, 0.29) is 10.6 Å². The first-order chi connectivity index (χ1) is 10.1. The maximum atomic E-state index is 10.9. The van der Waals surface area contributed by atoms with Gasteiger partial charge in [0.15, 0.2) is 0 Å². The fourth-order valence-corrected chi connectivity index (χ4v) is 2.12. The van der Waals surface area contributed by atoms with Crippen molar-refractivity contribution >= 4 is 11.4 Å². The Bertz CT molecular complexity index is 452. The van der Waals surface area contributed by atoms with Gasteiger partial charge in [-0.15, -0.1) is 0 Å². The van der Waals surface area contributed by atoms with Crippen LogP contribution in [0.2, 0.25) is 0 Å². The summed E-state index contributed by atoms with van der Waals surface area (Å²) in [6.07, 6.45) is 0. The molecule has 0 radical (unpaired) electrons. The highest BCUT2D eigenvalue weighted by molar-refractivity contribution is 5.56. The van der Waals surface area contributed by atoms with Gasteiger partial charge in [-0.25, -0.2) is 0 Å². The van der Waals surface area contributed by atoms with Crippen molar-refractivity contribution in [2.75, 3.05) is 38.2 Å². The van der Waals surface area contributed by atoms with Crippen LogP contribution in [-0.2, 0) is 11.3 Å². The van der Waals surface area contributed by atoms with Crippen LogP contribution >= 0.6 is 0 Å². The van der Waals surface area contributed by atoms with E-state index in [2.05, 4.69) is 17.1 Å². The van der Waals surface area contributed by atoms with Crippen molar-refractivity contribution in [1.29, 1.82) is 0 Å². The normalized spacial score (nSPS) is 10.9. The number of nitro benzene ring substituents is 1. The zero-order valence-corrected chi connectivity index (χ0v) is 13.1. The molecule has 6 nitrogen and oxygen atoms in total. The van der Waals surface area contributed by atoms with Gasteiger partial charge in [-0.05, 0) is 32.0 Å². The molecule has 6 heteroatoms. The Balaban J connectivity index is 2.85. The molecule has 0 unspecified atom stereocenters. The Morgan fingerprint density at radius 1 is 1.33 bits per heavy atom. The number of nitro groups is 1. The van der Waals surface area contributed by atoms with Crippen LogP contribution in [0.5, 0.6) is 0 Å². The van der Waals surface area contributed by atoms with Crippen LogP contribution in [0, 0.1) is 10.1 Å². The number of hydrogen-bond acceptors (Lipinski definition) is 5. The number of benzene rings is 1. The summed E-state index contributed by atoms with van der Waals surface area (Å²) in [7, 11) is 0. The molecule has 0 amide bonds. The average molecular weight is 295 g/mol. The van der Waals surface area contributed by atoms with Crippen molar-refractivity contribution in [1.82, 2.24) is 4.90 Å². The molecular formula is C15H25N3O3. The smallest absolute Gasteiger partial charge is 0.269 e. The van der Waals surface area contributed by atoms with E-state index in [1.54, 1.807) is 12.1 Å². The third-order valence-electron chi connectivity index (χ3n) is 3.26. The van der Waals surface area contributed by atoms with E-state index in [0.29, 0.717) is 19.8 Å². The lowest BCUT2D eigenvalue weighted by atomic mass is 10.1. The molecule has 0 aliphatic heterocycles. The second-order valence-electron chi connectivity index (χ2n) is 4.69. The number of ether oxygens (including phenoxy) is 1. The van der Waals surface area contributed by atoms with Gasteiger partial charge in [0.25, 0.3) is 5.69 Å². The van der Waals surface area contributed by atoms with E-state index in [4.69, 9.17) is 4.74 Å². The predicted molar refractivity (Wildman–Crippen MR) is 84.7 cm³/mol. The molecule has 0 bridgehead atoms. The van der Waals surface area contributed by atoms with Crippen molar-refractivity contribution in [2.45, 2.75) is 27.3 Å². The molecule has 21 heavy (non-hydrogen) atoms. The van der Waals surface area contributed by atoms with Gasteiger partial charge in [-0.3, -0.25) is 15.0 Å². The van der Waals surface area contributed by atoms with E-state index in [1.165, 1.54) is 6.07 Å². The summed E-state index contributed by atoms with van der Waals surface area (Å²) >= 11 is 0. The average Bonchev–Trinajstić information content (AvgIpc) is 2.48. The Kier molecular flexibility index (Phi) is 7.71. The number of rotatable bonds is 10. The predicted octanol–water partition coefficient (Wildman–Crippen LogP) is 2.89. The molecule has 1 rings (SSSR count). The lowest BCUT2D eigenvalue weighted by Gasteiger charge is -2.22. The van der Waals surface area contributed by atoms with Crippen molar-refractivity contribution in [2.24, 2.45) is 0 Å². The molecule has 0 saturated carbocycles. The summed E-state index contributed by atoms with van der Waals surface area (Å²) in [6, 6.07) is 4.98. The fraction of sp³-hybridized carbons (Fsp3) is 0.600. The quantitative estimate of drug-likeness (QED) is 0.408. The second kappa shape index (κ2) is 9.31. The van der Waals surface area contributed by atoms with Crippen LogP contribution in [0.15, 0.2) is 18.2 Å². The number of nitrogens with zero attached hydrogens (tertiary/aromatic N) is 2. The highest BCUT2D eigenvalue weighted by Gasteiger charge is 2.13. The summed E-state index contributed by atoms with van der Waals surface area (Å²) in [6.45, 7) is 10.6. The largest absolute Gasteiger partial charge is 0.385 e. The summed E-state index contributed by atoms with van der Waals surface area (Å²) in [4.78, 5) is 12.8. The summed E-state index contributed by atoms with van der Waals surface area (Å²) in [5, 5.41) is 14.2. The molecular weight excluding hydrogens is 270 g/mol. The zero-order valence-electron chi connectivity index (χ0n) is 13.1. The standard InChI is InChI=1S/C15H25N3O3/c1-4-16-15-8-7-14(18(19)20)11-13(15)12-17(5-2)9-10-21-6-3/h7-8,11,16H,4-6,9-10,12H2,1-3H3. The van der Waals surface area contributed by atoms with Gasteiger partial charge in [0, 0.05) is 44.1 Å². The zero-order chi connectivity index (χ0) is 15.7. The van der Waals surface area contributed by atoms with E-state index in [0.717, 1.165) is 30.9 Å². The van der Waals surface area contributed by atoms with Gasteiger partial charge >= 0.3 is 0 Å². The highest BCUT2D eigenvalue weighted by Crippen LogP contribution is 2.23. The summed E-state index contributed by atoms with van der Waals surface area (Å²) in [5.74, 6) is 0. The number of hydrogen-bond donors (Lipinski definition) is 1. The van der Waals surface area contributed by atoms with Crippen molar-refractivity contribution in [3.05, 3.63) is 33.9 Å². The fourth-order valence-electron chi connectivity index (χ4n) is 2.12. The Labute approximate surface area is 126 Å². The molecule has 1 aromatic rings. The van der Waals surface area contributed by atoms with E-state index < -0.39 is 0 Å². The van der Waals surface area contributed by atoms with Gasteiger partial charge in [0.05, 0.1) is 11.5 Å². The van der Waals surface area contributed by atoms with Crippen LogP contribution in [0.3, 0.4) is 0 Å². The monoisotopic (exact) mass is 295 g/mol. The summed E-state index contributed by atoms with van der Waals surface area (Å²) < 4.78 is 5.38. The molecule has 118 valence electrons. The lowest BCUT2D eigenvalue weighted by Crippen LogP contribution is -2.27. The number of anilines is 1. The van der Waals surface area contributed by atoms with E-state index >= 15 is 0 Å². The van der Waals surface area contributed by atoms with Gasteiger partial charge in [0.1, 0.15) is 0 Å². The molecule has 0 aliphatic carbocycles. The molecule has 0 heterocycles. The first-order valence-electron chi connectivity index (χ1n) is 7.43. The minimum absolute atomic E-state index is 0.132. The van der Waals surface area contributed by atoms with Crippen LogP contribution < -0.4 is 5.32 Å². The van der Waals surface area contributed by atoms with Crippen molar-refractivity contribution < 1.29 is 9.66 Å². The first-order valence-corrected chi connectivity index (χ1v) is 7.43. The molecule has 0 spiro atoms. The Hall–Kier alpha value is -1.66. The molecule has 1 N–H and O–H groups in total. The summed E-state index contributed by atoms with van der Waals surface area (Å²) in [5.41, 5.74) is 2.04. The first kappa shape index (κ1) is 17.4. The van der Waals surface area contributed by atoms with E-state index in [1.807, 2.05) is 13.8 Å². The third kappa shape index (κ3) is 5.69. The highest BCUT2D eigenvalue weighted by atomic mass is 16.6. The number of non-ortho nitro benzene ring substituents is 1. The van der Waals surface area contributed by atoms with Gasteiger partial charge < -0.3 is 10.1 Å². The van der Waals surface area contributed by atoms with Gasteiger partial charge in [0.2, 0.25) is 0 Å². The number of likely N-dealkylation sites (N-methyl/N-ethyl adjacent to an activating group) is 1. The minimum atomic E-state index is -0.351. The van der Waals surface area contributed by atoms with Gasteiger partial charge in [-0.1, -0.05) is 6.92 Å². The van der Waals surface area contributed by atoms with E-state index in [9.17, 15) is 10.1 Å². The molecule has 0 aliphatic rings. The minimum Gasteiger partial charge on any atom is -0.385 e. The van der Waals surface area contributed by atoms with Crippen molar-refractivity contribution in [3.63, 3.8) is 0 Å². The van der Waals surface area contributed by atoms with Crippen LogP contribution in [0.1, 0.15) is 26.3 Å². The maximum absolute atomic E-state index is 10.9. The van der Waals surface area contributed by atoms with Crippen LogP contribution in [0.25, 0.3) is 0 Å². The molecule has 0 saturated heterocycles. The lowest BCUT2D eigenvalue weighted by molar-refractivity contribution is -0.384. The Morgan fingerprint density at radius 3 is 2.67 bits per heavy atom. The van der Waals surface area contributed by atoms with Crippen LogP contribution in [-0.4, -0.2) is 42.7 Å². The molecule has 0 aromatic heterocycles. The van der Waals surface area contributed by atoms with Crippen molar-refractivity contribution in [3.8, 4) is 0 Å². The topological polar surface area (TPSA) is 67.6 Å². The molecule has 0 atom stereocenters. The Morgan fingerprint density at radius 2 is 2.10 bits per heavy atom.